The Balaban J connectivity index is 2.93. The Kier molecular flexibility index (Phi) is 2.48. The van der Waals surface area contributed by atoms with Crippen LogP contribution in [-0.2, 0) is 0 Å². The highest BCUT2D eigenvalue weighted by Gasteiger charge is 2.32. The largest absolute Gasteiger partial charge is 0.421 e. The second-order valence-electron chi connectivity index (χ2n) is 1.85. The third kappa shape index (κ3) is 2.41. The summed E-state index contributed by atoms with van der Waals surface area (Å²) < 4.78 is 35.8. The van der Waals surface area contributed by atoms with Crippen molar-refractivity contribution in [3.8, 4) is 0 Å². The standard InChI is InChI=1S/C6H5F3IN/c7-6(8,9)4-2-1-3-5(11)10-4/h1-3H,11H2. The van der Waals surface area contributed by atoms with Crippen LogP contribution in [-0.4, -0.2) is 9.81 Å². The highest BCUT2D eigenvalue weighted by atomic mass is 127. The van der Waals surface area contributed by atoms with Crippen LogP contribution in [0, 0.1) is 0 Å². The summed E-state index contributed by atoms with van der Waals surface area (Å²) in [5.74, 6) is 0. The van der Waals surface area contributed by atoms with Gasteiger partial charge >= 0.3 is 6.18 Å². The lowest BCUT2D eigenvalue weighted by atomic mass is 10.4. The molecule has 62 valence electrons. The molecule has 0 unspecified atom stereocenters. The summed E-state index contributed by atoms with van der Waals surface area (Å²) in [5.41, 5.74) is 5.26. The second-order valence-corrected chi connectivity index (χ2v) is 4.80. The second kappa shape index (κ2) is 3.06. The molecule has 0 bridgehead atoms. The van der Waals surface area contributed by atoms with Gasteiger partial charge in [-0.1, -0.05) is 26.8 Å². The summed E-state index contributed by atoms with van der Waals surface area (Å²) in [6.07, 6.45) is -0.254. The van der Waals surface area contributed by atoms with E-state index < -0.39 is 30.5 Å². The lowest BCUT2D eigenvalue weighted by molar-refractivity contribution is -0.0817. The van der Waals surface area contributed by atoms with E-state index in [2.05, 4.69) is 0 Å². The van der Waals surface area contributed by atoms with E-state index in [4.69, 9.17) is 5.73 Å². The van der Waals surface area contributed by atoms with Gasteiger partial charge in [0, 0.05) is 3.63 Å². The zero-order valence-corrected chi connectivity index (χ0v) is 7.48. The molecule has 2 N–H and O–H groups in total. The Morgan fingerprint density at radius 1 is 1.36 bits per heavy atom. The summed E-state index contributed by atoms with van der Waals surface area (Å²) in [6, 6.07) is 0. The first-order valence-corrected chi connectivity index (χ1v) is 4.89. The van der Waals surface area contributed by atoms with Crippen LogP contribution in [0.1, 0.15) is 0 Å². The van der Waals surface area contributed by atoms with Crippen LogP contribution in [0.3, 0.4) is 0 Å². The van der Waals surface area contributed by atoms with E-state index in [1.165, 1.54) is 12.2 Å². The fraction of sp³-hybridized carbons (Fsp3) is 0.167. The zero-order chi connectivity index (χ0) is 8.48. The number of nitrogens with two attached hydrogens (primary N) is 1. The lowest BCUT2D eigenvalue weighted by Crippen LogP contribution is -2.12. The molecule has 0 amide bonds. The molecule has 0 aliphatic carbocycles. The predicted octanol–water partition coefficient (Wildman–Crippen LogP) is 2.06. The Morgan fingerprint density at radius 3 is 2.36 bits per heavy atom. The van der Waals surface area contributed by atoms with Gasteiger partial charge < -0.3 is 0 Å². The number of allylic oxidation sites excluding steroid dienone is 3. The quantitative estimate of drug-likeness (QED) is 0.673. The molecule has 0 spiro atoms. The first-order valence-electron chi connectivity index (χ1n) is 2.73. The normalized spacial score (nSPS) is 18.5. The van der Waals surface area contributed by atoms with Crippen LogP contribution >= 0.6 is 20.7 Å². The molecule has 0 aromatic rings. The van der Waals surface area contributed by atoms with Crippen molar-refractivity contribution >= 4 is 24.4 Å². The fourth-order valence-electron chi connectivity index (χ4n) is 0.553. The van der Waals surface area contributed by atoms with Gasteiger partial charge in [-0.15, -0.1) is 0 Å². The van der Waals surface area contributed by atoms with Gasteiger partial charge in [-0.25, -0.2) is 0 Å². The highest BCUT2D eigenvalue weighted by molar-refractivity contribution is 14.2. The third-order valence-electron chi connectivity index (χ3n) is 0.980. The molecule has 0 atom stereocenters. The summed E-state index contributed by atoms with van der Waals surface area (Å²) in [5, 5.41) is 0. The molecule has 5 heteroatoms. The minimum absolute atomic E-state index is 0.360. The molecular weight excluding hydrogens is 270 g/mol. The van der Waals surface area contributed by atoms with Gasteiger partial charge in [0.15, 0.2) is 0 Å². The van der Waals surface area contributed by atoms with E-state index in [9.17, 15) is 13.2 Å². The monoisotopic (exact) mass is 275 g/mol. The number of hydrogen-bond donors (Lipinski definition) is 1. The van der Waals surface area contributed by atoms with Crippen LogP contribution in [0.4, 0.5) is 13.2 Å². The minimum atomic E-state index is -4.19. The van der Waals surface area contributed by atoms with E-state index in [-0.39, 0.29) is 0 Å². The lowest BCUT2D eigenvalue weighted by Gasteiger charge is -2.08. The van der Waals surface area contributed by atoms with Gasteiger partial charge in [-0.2, -0.15) is 13.2 Å². The van der Waals surface area contributed by atoms with Gasteiger partial charge in [0.1, 0.15) is 0 Å². The van der Waals surface area contributed by atoms with Crippen LogP contribution in [0.25, 0.3) is 0 Å². The number of rotatable bonds is 0. The first-order chi connectivity index (χ1) is 5.00. The SMILES string of the molecule is NC1=IC(C(F)(F)F)=CC=C1. The summed E-state index contributed by atoms with van der Waals surface area (Å²) in [4.78, 5) is 0. The maximum Gasteiger partial charge on any atom is 0.421 e. The molecule has 0 saturated carbocycles. The van der Waals surface area contributed by atoms with E-state index in [1.807, 2.05) is 0 Å². The molecule has 0 radical (unpaired) electrons. The molecule has 0 fully saturated rings. The Labute approximate surface area is 71.5 Å². The molecule has 1 nitrogen and oxygen atoms in total. The van der Waals surface area contributed by atoms with Crippen molar-refractivity contribution in [2.75, 3.05) is 0 Å². The van der Waals surface area contributed by atoms with Crippen LogP contribution in [0.2, 0.25) is 0 Å². The molecule has 1 rings (SSSR count). The number of hydrogen-bond acceptors (Lipinski definition) is 1. The summed E-state index contributed by atoms with van der Waals surface area (Å²) in [6.45, 7) is 0. The van der Waals surface area contributed by atoms with Crippen molar-refractivity contribution in [3.05, 3.63) is 21.8 Å². The molecule has 0 aromatic heterocycles. The van der Waals surface area contributed by atoms with E-state index >= 15 is 0 Å². The molecule has 0 aromatic carbocycles. The fourth-order valence-corrected chi connectivity index (χ4v) is 2.30. The van der Waals surface area contributed by atoms with Crippen molar-refractivity contribution < 1.29 is 13.2 Å². The molecule has 1 aliphatic heterocycles. The maximum atomic E-state index is 12.0. The average Bonchev–Trinajstić information content (AvgIpc) is 1.86. The van der Waals surface area contributed by atoms with Crippen molar-refractivity contribution in [3.63, 3.8) is 0 Å². The summed E-state index contributed by atoms with van der Waals surface area (Å²) >= 11 is -1.16. The maximum absolute atomic E-state index is 12.0. The van der Waals surface area contributed by atoms with Crippen LogP contribution in [0.15, 0.2) is 21.8 Å². The Bertz CT molecular complexity index is 249. The highest BCUT2D eigenvalue weighted by Crippen LogP contribution is 2.35. The molecule has 11 heavy (non-hydrogen) atoms. The van der Waals surface area contributed by atoms with Crippen molar-refractivity contribution in [1.82, 2.24) is 0 Å². The van der Waals surface area contributed by atoms with Crippen LogP contribution in [0.5, 0.6) is 0 Å². The molecular formula is C6H5F3IN. The smallest absolute Gasteiger partial charge is 0.298 e. The van der Waals surface area contributed by atoms with E-state index in [0.29, 0.717) is 3.63 Å². The minimum Gasteiger partial charge on any atom is -0.298 e. The van der Waals surface area contributed by atoms with Crippen LogP contribution < -0.4 is 5.73 Å². The first kappa shape index (κ1) is 8.92. The molecule has 1 aliphatic rings. The van der Waals surface area contributed by atoms with E-state index in [0.717, 1.165) is 6.08 Å². The van der Waals surface area contributed by atoms with Gasteiger partial charge in [0.25, 0.3) is 0 Å². The molecule has 0 saturated heterocycles. The van der Waals surface area contributed by atoms with Crippen molar-refractivity contribution in [1.29, 1.82) is 0 Å². The third-order valence-corrected chi connectivity index (χ3v) is 3.51. The number of halogens is 4. The Hall–Kier alpha value is -0.170. The van der Waals surface area contributed by atoms with Crippen molar-refractivity contribution in [2.24, 2.45) is 5.73 Å². The predicted molar refractivity (Wildman–Crippen MR) is 46.5 cm³/mol. The zero-order valence-electron chi connectivity index (χ0n) is 5.32. The van der Waals surface area contributed by atoms with E-state index in [1.54, 1.807) is 0 Å². The van der Waals surface area contributed by atoms with Gasteiger partial charge in [-0.05, 0) is 12.2 Å². The topological polar surface area (TPSA) is 26.0 Å². The van der Waals surface area contributed by atoms with Crippen molar-refractivity contribution in [2.45, 2.75) is 6.18 Å². The van der Waals surface area contributed by atoms with Gasteiger partial charge in [-0.3, -0.25) is 5.73 Å². The number of alkyl halides is 3. The van der Waals surface area contributed by atoms with Gasteiger partial charge in [0.05, 0.1) is 3.58 Å². The molecule has 1 heterocycles. The Morgan fingerprint density at radius 2 is 2.00 bits per heavy atom. The average molecular weight is 275 g/mol. The summed E-state index contributed by atoms with van der Waals surface area (Å²) in [7, 11) is 0. The van der Waals surface area contributed by atoms with Gasteiger partial charge in [0.2, 0.25) is 0 Å².